The molecular formula is C22H32N4O. The molecule has 3 heterocycles. The van der Waals surface area contributed by atoms with Crippen LogP contribution in [0.5, 0.6) is 0 Å². The van der Waals surface area contributed by atoms with Crippen LogP contribution >= 0.6 is 0 Å². The second-order valence-corrected chi connectivity index (χ2v) is 7.85. The fourth-order valence-electron chi connectivity index (χ4n) is 4.02. The molecule has 3 rings (SSSR count). The molecule has 1 amide bonds. The summed E-state index contributed by atoms with van der Waals surface area (Å²) in [6, 6.07) is 7.91. The van der Waals surface area contributed by atoms with E-state index in [0.717, 1.165) is 48.1 Å². The molecule has 146 valence electrons. The first-order chi connectivity index (χ1) is 13.0. The number of amides is 1. The van der Waals surface area contributed by atoms with E-state index in [2.05, 4.69) is 26.7 Å². The second-order valence-electron chi connectivity index (χ2n) is 7.85. The van der Waals surface area contributed by atoms with E-state index in [1.54, 1.807) is 6.20 Å². The number of hydrogen-bond acceptors (Lipinski definition) is 3. The summed E-state index contributed by atoms with van der Waals surface area (Å²) in [6.45, 7) is 11.3. The molecule has 5 heteroatoms. The lowest BCUT2D eigenvalue weighted by atomic mass is 10.0. The number of aryl methyl sites for hydroxylation is 1. The fourth-order valence-corrected chi connectivity index (χ4v) is 4.02. The van der Waals surface area contributed by atoms with Crippen molar-refractivity contribution >= 4 is 5.91 Å². The minimum atomic E-state index is 0.0300. The molecule has 1 aliphatic rings. The first kappa shape index (κ1) is 19.6. The zero-order valence-electron chi connectivity index (χ0n) is 16.9. The topological polar surface area (TPSA) is 50.2 Å². The molecule has 0 aromatic carbocycles. The van der Waals surface area contributed by atoms with Crippen molar-refractivity contribution in [1.82, 2.24) is 19.8 Å². The smallest absolute Gasteiger partial charge is 0.253 e. The number of carbonyl (C=O) groups is 1. The van der Waals surface area contributed by atoms with E-state index in [9.17, 15) is 4.79 Å². The van der Waals surface area contributed by atoms with E-state index in [4.69, 9.17) is 0 Å². The predicted octanol–water partition coefficient (Wildman–Crippen LogP) is 3.40. The molecule has 1 N–H and O–H groups in total. The van der Waals surface area contributed by atoms with Crippen LogP contribution in [0.25, 0.3) is 0 Å². The van der Waals surface area contributed by atoms with Gasteiger partial charge in [0.1, 0.15) is 0 Å². The monoisotopic (exact) mass is 368 g/mol. The van der Waals surface area contributed by atoms with Gasteiger partial charge in [-0.2, -0.15) is 0 Å². The van der Waals surface area contributed by atoms with Gasteiger partial charge in [-0.3, -0.25) is 9.78 Å². The standard InChI is InChI=1S/C22H32N4O/c1-17-8-6-12-25(15-17)13-7-11-24-22(27)21-14-18(2)26(19(21)3)16-20-9-4-5-10-23-20/h4-5,9-10,14,17H,6-8,11-13,15-16H2,1-3H3,(H,24,27). The predicted molar refractivity (Wildman–Crippen MR) is 109 cm³/mol. The number of pyridine rings is 1. The Morgan fingerprint density at radius 3 is 2.93 bits per heavy atom. The van der Waals surface area contributed by atoms with Crippen molar-refractivity contribution in [2.45, 2.75) is 46.6 Å². The van der Waals surface area contributed by atoms with Gasteiger partial charge in [0.15, 0.2) is 0 Å². The molecular weight excluding hydrogens is 336 g/mol. The van der Waals surface area contributed by atoms with Crippen LogP contribution in [0, 0.1) is 19.8 Å². The summed E-state index contributed by atoms with van der Waals surface area (Å²) in [5.74, 6) is 0.834. The molecule has 2 aromatic rings. The highest BCUT2D eigenvalue weighted by Crippen LogP contribution is 2.17. The molecule has 1 atom stereocenters. The van der Waals surface area contributed by atoms with Crippen molar-refractivity contribution in [3.8, 4) is 0 Å². The maximum atomic E-state index is 12.6. The number of rotatable bonds is 7. The summed E-state index contributed by atoms with van der Waals surface area (Å²) >= 11 is 0. The van der Waals surface area contributed by atoms with Gasteiger partial charge in [-0.15, -0.1) is 0 Å². The zero-order chi connectivity index (χ0) is 19.2. The second kappa shape index (κ2) is 9.18. The van der Waals surface area contributed by atoms with E-state index in [-0.39, 0.29) is 5.91 Å². The Hall–Kier alpha value is -2.14. The summed E-state index contributed by atoms with van der Waals surface area (Å²) in [7, 11) is 0. The van der Waals surface area contributed by atoms with E-state index < -0.39 is 0 Å². The Morgan fingerprint density at radius 2 is 2.19 bits per heavy atom. The molecule has 5 nitrogen and oxygen atoms in total. The van der Waals surface area contributed by atoms with Crippen LogP contribution in [0.3, 0.4) is 0 Å². The number of nitrogens with one attached hydrogen (secondary N) is 1. The molecule has 1 aliphatic heterocycles. The molecule has 2 aromatic heterocycles. The van der Waals surface area contributed by atoms with Crippen LogP contribution in [0.1, 0.15) is 53.6 Å². The number of piperidine rings is 1. The molecule has 0 bridgehead atoms. The van der Waals surface area contributed by atoms with E-state index >= 15 is 0 Å². The Bertz CT molecular complexity index is 753. The number of likely N-dealkylation sites (tertiary alicyclic amines) is 1. The molecule has 1 fully saturated rings. The van der Waals surface area contributed by atoms with Gasteiger partial charge in [0.05, 0.1) is 17.8 Å². The van der Waals surface area contributed by atoms with Crippen LogP contribution < -0.4 is 5.32 Å². The molecule has 1 unspecified atom stereocenters. The van der Waals surface area contributed by atoms with Crippen molar-refractivity contribution in [3.63, 3.8) is 0 Å². The Balaban J connectivity index is 1.52. The largest absolute Gasteiger partial charge is 0.352 e. The SMILES string of the molecule is Cc1cc(C(=O)NCCCN2CCCC(C)C2)c(C)n1Cc1ccccn1. The molecule has 0 saturated carbocycles. The van der Waals surface area contributed by atoms with E-state index in [0.29, 0.717) is 6.54 Å². The summed E-state index contributed by atoms with van der Waals surface area (Å²) in [4.78, 5) is 19.6. The van der Waals surface area contributed by atoms with Crippen LogP contribution in [0.15, 0.2) is 30.5 Å². The third-order valence-corrected chi connectivity index (χ3v) is 5.54. The number of hydrogen-bond donors (Lipinski definition) is 1. The van der Waals surface area contributed by atoms with E-state index in [1.807, 2.05) is 38.1 Å². The zero-order valence-corrected chi connectivity index (χ0v) is 16.9. The molecule has 1 saturated heterocycles. The minimum absolute atomic E-state index is 0.0300. The minimum Gasteiger partial charge on any atom is -0.352 e. The van der Waals surface area contributed by atoms with Gasteiger partial charge in [-0.25, -0.2) is 0 Å². The van der Waals surface area contributed by atoms with Crippen molar-refractivity contribution in [2.75, 3.05) is 26.2 Å². The lowest BCUT2D eigenvalue weighted by Gasteiger charge is -2.30. The Morgan fingerprint density at radius 1 is 1.33 bits per heavy atom. The van der Waals surface area contributed by atoms with Gasteiger partial charge in [0, 0.05) is 30.7 Å². The fraction of sp³-hybridized carbons (Fsp3) is 0.545. The maximum Gasteiger partial charge on any atom is 0.253 e. The van der Waals surface area contributed by atoms with E-state index in [1.165, 1.54) is 25.9 Å². The first-order valence-electron chi connectivity index (χ1n) is 10.1. The molecule has 0 radical (unpaired) electrons. The third-order valence-electron chi connectivity index (χ3n) is 5.54. The lowest BCUT2D eigenvalue weighted by molar-refractivity contribution is 0.0949. The highest BCUT2D eigenvalue weighted by molar-refractivity contribution is 5.95. The van der Waals surface area contributed by atoms with Gasteiger partial charge in [-0.1, -0.05) is 13.0 Å². The van der Waals surface area contributed by atoms with Crippen LogP contribution in [0.4, 0.5) is 0 Å². The molecule has 0 spiro atoms. The first-order valence-corrected chi connectivity index (χ1v) is 10.1. The quantitative estimate of drug-likeness (QED) is 0.762. The van der Waals surface area contributed by atoms with Crippen molar-refractivity contribution in [2.24, 2.45) is 5.92 Å². The van der Waals surface area contributed by atoms with Gasteiger partial charge in [0.2, 0.25) is 0 Å². The number of aromatic nitrogens is 2. The van der Waals surface area contributed by atoms with Crippen LogP contribution in [0.2, 0.25) is 0 Å². The summed E-state index contributed by atoms with van der Waals surface area (Å²) in [6.07, 6.45) is 5.46. The summed E-state index contributed by atoms with van der Waals surface area (Å²) in [5, 5.41) is 3.10. The van der Waals surface area contributed by atoms with Crippen LogP contribution in [-0.4, -0.2) is 46.5 Å². The summed E-state index contributed by atoms with van der Waals surface area (Å²) in [5.41, 5.74) is 3.86. The van der Waals surface area contributed by atoms with Gasteiger partial charge >= 0.3 is 0 Å². The lowest BCUT2D eigenvalue weighted by Crippen LogP contribution is -2.36. The van der Waals surface area contributed by atoms with Gasteiger partial charge in [0.25, 0.3) is 5.91 Å². The highest BCUT2D eigenvalue weighted by atomic mass is 16.1. The average Bonchev–Trinajstić information content (AvgIpc) is 2.94. The highest BCUT2D eigenvalue weighted by Gasteiger charge is 2.17. The van der Waals surface area contributed by atoms with Gasteiger partial charge < -0.3 is 14.8 Å². The van der Waals surface area contributed by atoms with Crippen molar-refractivity contribution < 1.29 is 4.79 Å². The van der Waals surface area contributed by atoms with Gasteiger partial charge in [-0.05, 0) is 70.3 Å². The number of carbonyl (C=O) groups excluding carboxylic acids is 1. The normalized spacial score (nSPS) is 17.8. The maximum absolute atomic E-state index is 12.6. The molecule has 27 heavy (non-hydrogen) atoms. The van der Waals surface area contributed by atoms with Crippen molar-refractivity contribution in [3.05, 3.63) is 53.1 Å². The molecule has 0 aliphatic carbocycles. The Kier molecular flexibility index (Phi) is 6.67. The third kappa shape index (κ3) is 5.19. The average molecular weight is 369 g/mol. The summed E-state index contributed by atoms with van der Waals surface area (Å²) < 4.78 is 2.16. The Labute approximate surface area is 162 Å². The van der Waals surface area contributed by atoms with Crippen LogP contribution in [-0.2, 0) is 6.54 Å². The van der Waals surface area contributed by atoms with Crippen molar-refractivity contribution in [1.29, 1.82) is 0 Å². The number of nitrogens with zero attached hydrogens (tertiary/aromatic N) is 3.